The number of likely N-dealkylation sites (tertiary alicyclic amines) is 2. The molecule has 12 heteroatoms. The molecule has 1 amide bonds. The number of carbonyl (C=O) groups excluding carboxylic acids is 1. The van der Waals surface area contributed by atoms with E-state index in [-0.39, 0.29) is 35.1 Å². The normalized spacial score (nSPS) is 27.5. The lowest BCUT2D eigenvalue weighted by Gasteiger charge is -2.58. The molecular weight excluding hydrogens is 625 g/mol. The molecule has 10 nitrogen and oxygen atoms in total. The molecule has 0 bridgehead atoms. The number of rotatable bonds is 6. The minimum atomic E-state index is -0.135. The first kappa shape index (κ1) is 30.7. The van der Waals surface area contributed by atoms with Crippen molar-refractivity contribution in [2.45, 2.75) is 70.2 Å². The maximum atomic E-state index is 12.1. The molecule has 6 heterocycles. The van der Waals surface area contributed by atoms with Crippen LogP contribution in [0.25, 0.3) is 22.0 Å². The topological polar surface area (TPSA) is 91.8 Å². The van der Waals surface area contributed by atoms with Gasteiger partial charge in [-0.2, -0.15) is 10.2 Å². The highest BCUT2D eigenvalue weighted by Gasteiger charge is 2.55. The summed E-state index contributed by atoms with van der Waals surface area (Å²) in [5.74, 6) is 1.54. The molecule has 1 unspecified atom stereocenters. The summed E-state index contributed by atoms with van der Waals surface area (Å²) < 4.78 is 14.2. The van der Waals surface area contributed by atoms with Crippen LogP contribution in [0.2, 0.25) is 10.0 Å². The van der Waals surface area contributed by atoms with Gasteiger partial charge in [0.05, 0.1) is 53.2 Å². The average Bonchev–Trinajstić information content (AvgIpc) is 3.69. The van der Waals surface area contributed by atoms with Crippen molar-refractivity contribution in [3.63, 3.8) is 0 Å². The summed E-state index contributed by atoms with van der Waals surface area (Å²) in [5, 5.41) is 14.8. The Balaban J connectivity index is 1.10. The van der Waals surface area contributed by atoms with Gasteiger partial charge in [-0.05, 0) is 64.5 Å². The number of nitrogens with one attached hydrogen (secondary N) is 1. The van der Waals surface area contributed by atoms with E-state index in [0.717, 1.165) is 98.5 Å². The quantitative estimate of drug-likeness (QED) is 0.348. The van der Waals surface area contributed by atoms with Gasteiger partial charge >= 0.3 is 0 Å². The Bertz CT molecular complexity index is 1670. The minimum absolute atomic E-state index is 0.0176. The number of hydrogen-bond donors (Lipinski definition) is 1. The number of piperidine rings is 1. The predicted octanol–water partition coefficient (Wildman–Crippen LogP) is 5.49. The third-order valence-corrected chi connectivity index (χ3v) is 12.1. The van der Waals surface area contributed by atoms with Crippen molar-refractivity contribution in [1.29, 1.82) is 0 Å². The zero-order valence-corrected chi connectivity index (χ0v) is 28.4. The van der Waals surface area contributed by atoms with Gasteiger partial charge in [-0.1, -0.05) is 29.8 Å². The van der Waals surface area contributed by atoms with E-state index in [1.807, 2.05) is 17.2 Å². The van der Waals surface area contributed by atoms with E-state index in [1.165, 1.54) is 6.08 Å². The SMILES string of the molecule is C=CC(=O)N1CC2(CC(n3nc(N4CCC(CN5C[C@@H]6OCCO[C@@H]6C5)CC4(C)C)c(-c4c(Cl)c(Cl)cc5[nH]ncc45)c3C)C2)C1. The molecule has 1 N–H and O–H groups in total. The second kappa shape index (κ2) is 11.2. The summed E-state index contributed by atoms with van der Waals surface area (Å²) >= 11 is 13.8. The Hall–Kier alpha value is -2.63. The van der Waals surface area contributed by atoms with Crippen LogP contribution in [0, 0.1) is 18.3 Å². The molecule has 4 saturated heterocycles. The molecule has 0 radical (unpaired) electrons. The Morgan fingerprint density at radius 1 is 1.13 bits per heavy atom. The number of halogens is 2. The zero-order valence-electron chi connectivity index (χ0n) is 26.9. The van der Waals surface area contributed by atoms with Gasteiger partial charge < -0.3 is 19.3 Å². The zero-order chi connectivity index (χ0) is 32.0. The average molecular weight is 669 g/mol. The van der Waals surface area contributed by atoms with E-state index in [2.05, 4.69) is 52.0 Å². The number of benzene rings is 1. The van der Waals surface area contributed by atoms with Crippen molar-refractivity contribution in [1.82, 2.24) is 29.8 Å². The fraction of sp³-hybridized carbons (Fsp3) is 0.618. The molecule has 3 atom stereocenters. The summed E-state index contributed by atoms with van der Waals surface area (Å²) in [5.41, 5.74) is 3.88. The summed E-state index contributed by atoms with van der Waals surface area (Å²) in [7, 11) is 0. The highest BCUT2D eigenvalue weighted by Crippen LogP contribution is 2.56. The number of carbonyl (C=O) groups is 1. The molecular formula is C34H43Cl2N7O3. The minimum Gasteiger partial charge on any atom is -0.372 e. The molecule has 8 rings (SSSR count). The van der Waals surface area contributed by atoms with Gasteiger partial charge in [0.1, 0.15) is 0 Å². The van der Waals surface area contributed by atoms with Crippen LogP contribution in [0.3, 0.4) is 0 Å². The van der Waals surface area contributed by atoms with Crippen molar-refractivity contribution in [2.24, 2.45) is 11.3 Å². The van der Waals surface area contributed by atoms with Crippen LogP contribution in [0.4, 0.5) is 5.82 Å². The third-order valence-electron chi connectivity index (χ3n) is 11.3. The highest BCUT2D eigenvalue weighted by molar-refractivity contribution is 6.45. The fourth-order valence-corrected chi connectivity index (χ4v) is 9.63. The van der Waals surface area contributed by atoms with Crippen molar-refractivity contribution < 1.29 is 14.3 Å². The maximum Gasteiger partial charge on any atom is 0.245 e. The van der Waals surface area contributed by atoms with Crippen molar-refractivity contribution in [3.05, 3.63) is 40.7 Å². The smallest absolute Gasteiger partial charge is 0.245 e. The van der Waals surface area contributed by atoms with Crippen molar-refractivity contribution >= 4 is 45.8 Å². The van der Waals surface area contributed by atoms with Gasteiger partial charge in [0.25, 0.3) is 0 Å². The first-order valence-corrected chi connectivity index (χ1v) is 17.4. The molecule has 3 aromatic rings. The van der Waals surface area contributed by atoms with Crippen LogP contribution < -0.4 is 4.90 Å². The number of hydrogen-bond acceptors (Lipinski definition) is 7. The lowest BCUT2D eigenvalue weighted by molar-refractivity contribution is -0.149. The van der Waals surface area contributed by atoms with E-state index < -0.39 is 0 Å². The number of fused-ring (bicyclic) bond motifs is 2. The first-order valence-electron chi connectivity index (χ1n) is 16.6. The van der Waals surface area contributed by atoms with Gasteiger partial charge in [-0.15, -0.1) is 0 Å². The van der Waals surface area contributed by atoms with Crippen LogP contribution in [0.5, 0.6) is 0 Å². The number of nitrogens with zero attached hydrogens (tertiary/aromatic N) is 6. The number of ether oxygens (including phenoxy) is 2. The Kier molecular flexibility index (Phi) is 7.49. The number of aromatic nitrogens is 4. The Labute approximate surface area is 279 Å². The van der Waals surface area contributed by atoms with Gasteiger partial charge in [-0.3, -0.25) is 19.5 Å². The highest BCUT2D eigenvalue weighted by atomic mass is 35.5. The summed E-state index contributed by atoms with van der Waals surface area (Å²) in [4.78, 5) is 19.1. The van der Waals surface area contributed by atoms with E-state index in [9.17, 15) is 4.79 Å². The molecule has 1 aromatic carbocycles. The molecule has 4 aliphatic heterocycles. The first-order chi connectivity index (χ1) is 22.1. The van der Waals surface area contributed by atoms with Gasteiger partial charge in [-0.25, -0.2) is 0 Å². The molecule has 1 spiro atoms. The fourth-order valence-electron chi connectivity index (χ4n) is 9.17. The monoisotopic (exact) mass is 667 g/mol. The van der Waals surface area contributed by atoms with E-state index in [4.69, 9.17) is 37.8 Å². The van der Waals surface area contributed by atoms with E-state index >= 15 is 0 Å². The van der Waals surface area contributed by atoms with Crippen molar-refractivity contribution in [2.75, 3.05) is 57.4 Å². The predicted molar refractivity (Wildman–Crippen MR) is 180 cm³/mol. The standard InChI is InChI=1S/C34H43Cl2N7O3/c1-5-28(44)41-18-34(19-41)12-22(13-34)43-20(2)29(30-23-14-37-38-25(23)10-24(35)31(30)36)32(39-43)42-7-6-21(11-33(42,3)4)15-40-16-26-27(17-40)46-9-8-45-26/h5,10,14,21-22,26-27H,1,6-9,11-13,15-19H2,2-4H3,(H,37,38)/t21?,26-,27+. The van der Waals surface area contributed by atoms with E-state index in [1.54, 1.807) is 0 Å². The summed E-state index contributed by atoms with van der Waals surface area (Å²) in [6.45, 7) is 17.4. The van der Waals surface area contributed by atoms with Gasteiger partial charge in [0.2, 0.25) is 5.91 Å². The Morgan fingerprint density at radius 2 is 1.85 bits per heavy atom. The van der Waals surface area contributed by atoms with Gasteiger partial charge in [0, 0.05) is 72.4 Å². The molecule has 246 valence electrons. The second-order valence-electron chi connectivity index (χ2n) is 14.9. The lowest BCUT2D eigenvalue weighted by Crippen LogP contribution is -2.63. The van der Waals surface area contributed by atoms with Crippen LogP contribution in [-0.2, 0) is 14.3 Å². The summed E-state index contributed by atoms with van der Waals surface area (Å²) in [6.07, 6.45) is 7.78. The van der Waals surface area contributed by atoms with Crippen LogP contribution in [0.1, 0.15) is 51.3 Å². The van der Waals surface area contributed by atoms with Crippen LogP contribution in [-0.4, -0.2) is 106 Å². The van der Waals surface area contributed by atoms with Gasteiger partial charge in [0.15, 0.2) is 5.82 Å². The van der Waals surface area contributed by atoms with Crippen molar-refractivity contribution in [3.8, 4) is 11.1 Å². The number of aromatic amines is 1. The molecule has 5 fully saturated rings. The molecule has 5 aliphatic rings. The van der Waals surface area contributed by atoms with E-state index in [0.29, 0.717) is 29.2 Å². The number of amides is 1. The lowest BCUT2D eigenvalue weighted by atomic mass is 9.60. The molecule has 2 aromatic heterocycles. The van der Waals surface area contributed by atoms with Crippen LogP contribution >= 0.6 is 23.2 Å². The molecule has 46 heavy (non-hydrogen) atoms. The second-order valence-corrected chi connectivity index (χ2v) is 15.7. The molecule has 1 saturated carbocycles. The number of H-pyrrole nitrogens is 1. The summed E-state index contributed by atoms with van der Waals surface area (Å²) in [6, 6.07) is 2.10. The van der Waals surface area contributed by atoms with Crippen LogP contribution in [0.15, 0.2) is 24.9 Å². The molecule has 1 aliphatic carbocycles. The largest absolute Gasteiger partial charge is 0.372 e. The number of anilines is 1. The maximum absolute atomic E-state index is 12.1. The third kappa shape index (κ3) is 4.98. The Morgan fingerprint density at radius 3 is 2.52 bits per heavy atom.